The van der Waals surface area contributed by atoms with E-state index in [1.54, 1.807) is 7.11 Å². The van der Waals surface area contributed by atoms with Gasteiger partial charge in [-0.1, -0.05) is 6.92 Å². The first-order chi connectivity index (χ1) is 5.75. The number of rotatable bonds is 4. The molecule has 2 atom stereocenters. The maximum Gasteiger partial charge on any atom is 0.0503 e. The summed E-state index contributed by atoms with van der Waals surface area (Å²) in [6.45, 7) is 5.10. The summed E-state index contributed by atoms with van der Waals surface area (Å²) >= 11 is 0. The lowest BCUT2D eigenvalue weighted by atomic mass is 9.76. The molecule has 0 aliphatic carbocycles. The van der Waals surface area contributed by atoms with Gasteiger partial charge in [0.2, 0.25) is 0 Å². The van der Waals surface area contributed by atoms with Crippen molar-refractivity contribution in [2.24, 2.45) is 11.3 Å². The lowest BCUT2D eigenvalue weighted by Crippen LogP contribution is -2.37. The smallest absolute Gasteiger partial charge is 0.0503 e. The third kappa shape index (κ3) is 1.79. The average Bonchev–Trinajstić information content (AvgIpc) is 2.54. The summed E-state index contributed by atoms with van der Waals surface area (Å²) in [6, 6.07) is 0. The Morgan fingerprint density at radius 1 is 1.67 bits per heavy atom. The second-order valence-electron chi connectivity index (χ2n) is 3.80. The van der Waals surface area contributed by atoms with Crippen LogP contribution in [-0.4, -0.2) is 38.5 Å². The molecule has 0 aromatic rings. The minimum atomic E-state index is 0.0655. The molecule has 12 heavy (non-hydrogen) atoms. The molecule has 3 heteroatoms. The van der Waals surface area contributed by atoms with Crippen LogP contribution in [-0.2, 0) is 4.74 Å². The summed E-state index contributed by atoms with van der Waals surface area (Å²) in [5.74, 6) is 0.433. The number of ether oxygens (including phenoxy) is 1. The van der Waals surface area contributed by atoms with Gasteiger partial charge in [0.15, 0.2) is 0 Å². The van der Waals surface area contributed by atoms with Gasteiger partial charge in [0.1, 0.15) is 0 Å². The average molecular weight is 173 g/mol. The Labute approximate surface area is 74.1 Å². The number of hydrogen-bond donors (Lipinski definition) is 2. The summed E-state index contributed by atoms with van der Waals surface area (Å²) in [5.41, 5.74) is 0.0655. The Morgan fingerprint density at radius 3 is 2.83 bits per heavy atom. The summed E-state index contributed by atoms with van der Waals surface area (Å²) in [7, 11) is 1.71. The van der Waals surface area contributed by atoms with Gasteiger partial charge in [-0.05, 0) is 18.9 Å². The molecule has 72 valence electrons. The molecule has 0 amide bonds. The zero-order valence-electron chi connectivity index (χ0n) is 7.97. The molecule has 1 rings (SSSR count). The monoisotopic (exact) mass is 173 g/mol. The number of aliphatic hydroxyl groups excluding tert-OH is 1. The van der Waals surface area contributed by atoms with E-state index in [0.717, 1.165) is 26.1 Å². The van der Waals surface area contributed by atoms with Gasteiger partial charge >= 0.3 is 0 Å². The van der Waals surface area contributed by atoms with E-state index >= 15 is 0 Å². The van der Waals surface area contributed by atoms with Crippen LogP contribution in [0.25, 0.3) is 0 Å². The molecule has 3 nitrogen and oxygen atoms in total. The molecule has 2 unspecified atom stereocenters. The second-order valence-corrected chi connectivity index (χ2v) is 3.80. The summed E-state index contributed by atoms with van der Waals surface area (Å²) < 4.78 is 5.10. The van der Waals surface area contributed by atoms with E-state index in [0.29, 0.717) is 5.92 Å². The largest absolute Gasteiger partial charge is 0.396 e. The molecule has 1 aliphatic rings. The van der Waals surface area contributed by atoms with Crippen LogP contribution in [0.5, 0.6) is 0 Å². The fourth-order valence-corrected chi connectivity index (χ4v) is 1.90. The molecule has 0 radical (unpaired) electrons. The molecular weight excluding hydrogens is 154 g/mol. The van der Waals surface area contributed by atoms with Crippen molar-refractivity contribution in [3.63, 3.8) is 0 Å². The van der Waals surface area contributed by atoms with Gasteiger partial charge in [0, 0.05) is 25.7 Å². The van der Waals surface area contributed by atoms with Crippen LogP contribution < -0.4 is 5.32 Å². The quantitative estimate of drug-likeness (QED) is 0.640. The van der Waals surface area contributed by atoms with Gasteiger partial charge in [-0.2, -0.15) is 0 Å². The number of aliphatic hydroxyl groups is 1. The van der Waals surface area contributed by atoms with Crippen molar-refractivity contribution in [2.45, 2.75) is 13.3 Å². The molecule has 1 aliphatic heterocycles. The van der Waals surface area contributed by atoms with Gasteiger partial charge in [-0.25, -0.2) is 0 Å². The van der Waals surface area contributed by atoms with Crippen LogP contribution in [0.2, 0.25) is 0 Å². The second kappa shape index (κ2) is 4.21. The number of methoxy groups -OCH3 is 1. The van der Waals surface area contributed by atoms with E-state index in [1.165, 1.54) is 0 Å². The first-order valence-electron chi connectivity index (χ1n) is 4.56. The van der Waals surface area contributed by atoms with E-state index in [4.69, 9.17) is 4.74 Å². The Bertz CT molecular complexity index is 132. The highest BCUT2D eigenvalue weighted by atomic mass is 16.5. The maximum atomic E-state index is 9.32. The fraction of sp³-hybridized carbons (Fsp3) is 1.00. The van der Waals surface area contributed by atoms with E-state index in [1.807, 2.05) is 0 Å². The first-order valence-corrected chi connectivity index (χ1v) is 4.56. The Hall–Kier alpha value is -0.120. The lowest BCUT2D eigenvalue weighted by molar-refractivity contribution is 0.0358. The molecule has 0 spiro atoms. The molecule has 1 saturated heterocycles. The van der Waals surface area contributed by atoms with Gasteiger partial charge in [-0.3, -0.25) is 0 Å². The fourth-order valence-electron chi connectivity index (χ4n) is 1.90. The van der Waals surface area contributed by atoms with E-state index < -0.39 is 0 Å². The van der Waals surface area contributed by atoms with Crippen LogP contribution >= 0.6 is 0 Å². The van der Waals surface area contributed by atoms with E-state index in [2.05, 4.69) is 12.2 Å². The van der Waals surface area contributed by atoms with Crippen molar-refractivity contribution in [3.8, 4) is 0 Å². The normalized spacial score (nSPS) is 32.2. The molecule has 0 bridgehead atoms. The predicted octanol–water partition coefficient (Wildman–Crippen LogP) is 0.241. The molecular formula is C9H19NO2. The third-order valence-corrected chi connectivity index (χ3v) is 3.05. The Balaban J connectivity index is 2.52. The number of hydrogen-bond acceptors (Lipinski definition) is 3. The van der Waals surface area contributed by atoms with Crippen molar-refractivity contribution in [3.05, 3.63) is 0 Å². The van der Waals surface area contributed by atoms with Crippen molar-refractivity contribution in [1.82, 2.24) is 5.32 Å². The van der Waals surface area contributed by atoms with Crippen LogP contribution in [0, 0.1) is 11.3 Å². The lowest BCUT2D eigenvalue weighted by Gasteiger charge is -2.32. The summed E-state index contributed by atoms with van der Waals surface area (Å²) in [5, 5.41) is 12.6. The third-order valence-electron chi connectivity index (χ3n) is 3.05. The minimum absolute atomic E-state index is 0.0655. The van der Waals surface area contributed by atoms with Crippen molar-refractivity contribution < 1.29 is 9.84 Å². The predicted molar refractivity (Wildman–Crippen MR) is 48.0 cm³/mol. The van der Waals surface area contributed by atoms with Crippen LogP contribution in [0.3, 0.4) is 0 Å². The van der Waals surface area contributed by atoms with Crippen LogP contribution in [0.1, 0.15) is 13.3 Å². The first kappa shape index (κ1) is 9.96. The topological polar surface area (TPSA) is 41.5 Å². The molecule has 1 heterocycles. The van der Waals surface area contributed by atoms with Crippen LogP contribution in [0.4, 0.5) is 0 Å². The minimum Gasteiger partial charge on any atom is -0.396 e. The molecule has 1 fully saturated rings. The van der Waals surface area contributed by atoms with Crippen LogP contribution in [0.15, 0.2) is 0 Å². The zero-order valence-corrected chi connectivity index (χ0v) is 7.97. The Morgan fingerprint density at radius 2 is 2.42 bits per heavy atom. The number of nitrogens with one attached hydrogen (secondary N) is 1. The van der Waals surface area contributed by atoms with Gasteiger partial charge in [0.25, 0.3) is 0 Å². The Kier molecular flexibility index (Phi) is 3.50. The standard InChI is InChI=1S/C9H19NO2/c1-8(5-12-2)9(7-11)3-4-10-6-9/h8,10-11H,3-7H2,1-2H3. The summed E-state index contributed by atoms with van der Waals surface area (Å²) in [4.78, 5) is 0. The highest BCUT2D eigenvalue weighted by molar-refractivity contribution is 4.91. The van der Waals surface area contributed by atoms with Crippen molar-refractivity contribution in [2.75, 3.05) is 33.4 Å². The van der Waals surface area contributed by atoms with Crippen molar-refractivity contribution in [1.29, 1.82) is 0 Å². The van der Waals surface area contributed by atoms with E-state index in [9.17, 15) is 5.11 Å². The SMILES string of the molecule is COCC(C)C1(CO)CCNC1. The molecule has 0 aromatic heterocycles. The van der Waals surface area contributed by atoms with E-state index in [-0.39, 0.29) is 12.0 Å². The highest BCUT2D eigenvalue weighted by Gasteiger charge is 2.38. The van der Waals surface area contributed by atoms with Gasteiger partial charge in [0.05, 0.1) is 6.61 Å². The van der Waals surface area contributed by atoms with Gasteiger partial charge < -0.3 is 15.2 Å². The molecule has 2 N–H and O–H groups in total. The molecule has 0 aromatic carbocycles. The van der Waals surface area contributed by atoms with Gasteiger partial charge in [-0.15, -0.1) is 0 Å². The molecule has 0 saturated carbocycles. The zero-order chi connectivity index (χ0) is 9.03. The van der Waals surface area contributed by atoms with Crippen molar-refractivity contribution >= 4 is 0 Å². The maximum absolute atomic E-state index is 9.32. The highest BCUT2D eigenvalue weighted by Crippen LogP contribution is 2.33. The summed E-state index contributed by atoms with van der Waals surface area (Å²) in [6.07, 6.45) is 1.06.